The Morgan fingerprint density at radius 2 is 1.83 bits per heavy atom. The SMILES string of the molecule is COc1ccc(-c2cc(N3CCN(Cc4ccccn4)CC3)c3nncn3n2)cc1. The molecule has 1 aromatic carbocycles. The number of hydrogen-bond acceptors (Lipinski definition) is 7. The zero-order valence-electron chi connectivity index (χ0n) is 16.8. The van der Waals surface area contributed by atoms with Crippen molar-refractivity contribution in [3.63, 3.8) is 0 Å². The molecule has 0 saturated carbocycles. The summed E-state index contributed by atoms with van der Waals surface area (Å²) in [5.41, 5.74) is 4.87. The lowest BCUT2D eigenvalue weighted by Crippen LogP contribution is -2.46. The molecule has 1 fully saturated rings. The quantitative estimate of drug-likeness (QED) is 0.509. The molecule has 0 bridgehead atoms. The molecule has 8 heteroatoms. The van der Waals surface area contributed by atoms with Crippen molar-refractivity contribution in [2.75, 3.05) is 38.2 Å². The monoisotopic (exact) mass is 401 g/mol. The minimum Gasteiger partial charge on any atom is -0.497 e. The summed E-state index contributed by atoms with van der Waals surface area (Å²) in [7, 11) is 1.67. The molecule has 3 aromatic heterocycles. The molecule has 30 heavy (non-hydrogen) atoms. The standard InChI is InChI=1S/C22H23N7O/c1-30-19-7-5-17(6-8-19)20-14-21(22-25-24-16-29(22)26-20)28-12-10-27(11-13-28)15-18-4-2-3-9-23-18/h2-9,14,16H,10-13,15H2,1H3. The average molecular weight is 401 g/mol. The molecule has 152 valence electrons. The third-order valence-electron chi connectivity index (χ3n) is 5.46. The molecule has 0 N–H and O–H groups in total. The van der Waals surface area contributed by atoms with Crippen LogP contribution in [0, 0.1) is 0 Å². The zero-order chi connectivity index (χ0) is 20.3. The number of aromatic nitrogens is 5. The van der Waals surface area contributed by atoms with Crippen molar-refractivity contribution in [3.8, 4) is 17.0 Å². The maximum absolute atomic E-state index is 5.27. The minimum absolute atomic E-state index is 0.783. The molecule has 0 amide bonds. The lowest BCUT2D eigenvalue weighted by Gasteiger charge is -2.35. The van der Waals surface area contributed by atoms with Gasteiger partial charge in [0.25, 0.3) is 0 Å². The smallest absolute Gasteiger partial charge is 0.200 e. The molecule has 4 heterocycles. The van der Waals surface area contributed by atoms with Crippen LogP contribution in [0.15, 0.2) is 61.1 Å². The Morgan fingerprint density at radius 3 is 2.57 bits per heavy atom. The van der Waals surface area contributed by atoms with Crippen LogP contribution in [0.25, 0.3) is 16.9 Å². The molecule has 5 rings (SSSR count). The number of ether oxygens (including phenoxy) is 1. The Hall–Kier alpha value is -3.52. The Morgan fingerprint density at radius 1 is 1.00 bits per heavy atom. The largest absolute Gasteiger partial charge is 0.497 e. The maximum atomic E-state index is 5.27. The lowest BCUT2D eigenvalue weighted by atomic mass is 10.1. The summed E-state index contributed by atoms with van der Waals surface area (Å²) in [6.45, 7) is 4.65. The first-order chi connectivity index (χ1) is 14.8. The van der Waals surface area contributed by atoms with Crippen LogP contribution in [0.4, 0.5) is 5.69 Å². The van der Waals surface area contributed by atoms with Crippen molar-refractivity contribution in [2.45, 2.75) is 6.54 Å². The van der Waals surface area contributed by atoms with Gasteiger partial charge in [0.1, 0.15) is 12.1 Å². The molecule has 1 aliphatic rings. The van der Waals surface area contributed by atoms with E-state index in [4.69, 9.17) is 9.84 Å². The fourth-order valence-corrected chi connectivity index (χ4v) is 3.81. The van der Waals surface area contributed by atoms with E-state index in [1.54, 1.807) is 18.0 Å². The van der Waals surface area contributed by atoms with E-state index in [0.29, 0.717) is 0 Å². The molecule has 8 nitrogen and oxygen atoms in total. The van der Waals surface area contributed by atoms with Crippen LogP contribution >= 0.6 is 0 Å². The highest BCUT2D eigenvalue weighted by Gasteiger charge is 2.21. The van der Waals surface area contributed by atoms with Crippen molar-refractivity contribution in [3.05, 3.63) is 66.7 Å². The number of hydrogen-bond donors (Lipinski definition) is 0. The lowest BCUT2D eigenvalue weighted by molar-refractivity contribution is 0.247. The fraction of sp³-hybridized carbons (Fsp3) is 0.273. The highest BCUT2D eigenvalue weighted by Crippen LogP contribution is 2.28. The van der Waals surface area contributed by atoms with Gasteiger partial charge < -0.3 is 9.64 Å². The van der Waals surface area contributed by atoms with E-state index < -0.39 is 0 Å². The van der Waals surface area contributed by atoms with E-state index in [-0.39, 0.29) is 0 Å². The highest BCUT2D eigenvalue weighted by molar-refractivity contribution is 5.74. The Balaban J connectivity index is 1.38. The Bertz CT molecular complexity index is 1120. The van der Waals surface area contributed by atoms with Gasteiger partial charge >= 0.3 is 0 Å². The molecule has 0 atom stereocenters. The van der Waals surface area contributed by atoms with E-state index in [1.807, 2.05) is 42.6 Å². The van der Waals surface area contributed by atoms with Crippen molar-refractivity contribution >= 4 is 11.3 Å². The van der Waals surface area contributed by atoms with E-state index in [9.17, 15) is 0 Å². The van der Waals surface area contributed by atoms with Gasteiger partial charge in [0.15, 0.2) is 0 Å². The molecular weight excluding hydrogens is 378 g/mol. The highest BCUT2D eigenvalue weighted by atomic mass is 16.5. The third kappa shape index (κ3) is 3.69. The van der Waals surface area contributed by atoms with Crippen molar-refractivity contribution in [2.24, 2.45) is 0 Å². The number of methoxy groups -OCH3 is 1. The number of benzene rings is 1. The summed E-state index contributed by atoms with van der Waals surface area (Å²) < 4.78 is 7.03. The minimum atomic E-state index is 0.783. The van der Waals surface area contributed by atoms with Crippen molar-refractivity contribution in [1.82, 2.24) is 29.7 Å². The second-order valence-corrected chi connectivity index (χ2v) is 7.33. The fourth-order valence-electron chi connectivity index (χ4n) is 3.81. The van der Waals surface area contributed by atoms with Crippen molar-refractivity contribution < 1.29 is 4.74 Å². The Labute approximate surface area is 174 Å². The number of piperazine rings is 1. The second kappa shape index (κ2) is 8.08. The number of rotatable bonds is 5. The van der Waals surface area contributed by atoms with Gasteiger partial charge in [0, 0.05) is 44.5 Å². The average Bonchev–Trinajstić information content (AvgIpc) is 3.29. The van der Waals surface area contributed by atoms with Crippen LogP contribution in [0.3, 0.4) is 0 Å². The number of pyridine rings is 1. The molecule has 0 unspecified atom stereocenters. The molecule has 0 radical (unpaired) electrons. The number of nitrogens with zero attached hydrogens (tertiary/aromatic N) is 7. The predicted octanol–water partition coefficient (Wildman–Crippen LogP) is 2.52. The van der Waals surface area contributed by atoms with Gasteiger partial charge in [-0.25, -0.2) is 0 Å². The summed E-state index contributed by atoms with van der Waals surface area (Å²) in [5.74, 6) is 0.827. The van der Waals surface area contributed by atoms with E-state index >= 15 is 0 Å². The first-order valence-electron chi connectivity index (χ1n) is 10.0. The molecule has 1 saturated heterocycles. The predicted molar refractivity (Wildman–Crippen MR) is 114 cm³/mol. The molecule has 1 aliphatic heterocycles. The first kappa shape index (κ1) is 18.5. The summed E-state index contributed by atoms with van der Waals surface area (Å²) in [5, 5.41) is 13.1. The van der Waals surface area contributed by atoms with Gasteiger partial charge in [0.2, 0.25) is 5.65 Å². The van der Waals surface area contributed by atoms with Crippen LogP contribution in [0.5, 0.6) is 5.75 Å². The molecule has 0 spiro atoms. The summed E-state index contributed by atoms with van der Waals surface area (Å²) >= 11 is 0. The third-order valence-corrected chi connectivity index (χ3v) is 5.46. The molecule has 4 aromatic rings. The van der Waals surface area contributed by atoms with E-state index in [1.165, 1.54) is 0 Å². The van der Waals surface area contributed by atoms with Crippen LogP contribution in [-0.2, 0) is 6.54 Å². The first-order valence-corrected chi connectivity index (χ1v) is 10.0. The topological polar surface area (TPSA) is 71.7 Å². The number of anilines is 1. The van der Waals surface area contributed by atoms with Crippen LogP contribution < -0.4 is 9.64 Å². The van der Waals surface area contributed by atoms with Gasteiger partial charge in [0.05, 0.1) is 24.2 Å². The van der Waals surface area contributed by atoms with E-state index in [2.05, 4.69) is 37.1 Å². The molecular formula is C22H23N7O. The summed E-state index contributed by atoms with van der Waals surface area (Å²) in [6, 6.07) is 16.1. The van der Waals surface area contributed by atoms with Gasteiger partial charge in [-0.1, -0.05) is 6.07 Å². The van der Waals surface area contributed by atoms with Gasteiger partial charge in [-0.15, -0.1) is 10.2 Å². The Kier molecular flexibility index (Phi) is 4.98. The van der Waals surface area contributed by atoms with Crippen molar-refractivity contribution in [1.29, 1.82) is 0 Å². The van der Waals surface area contributed by atoms with Crippen LogP contribution in [-0.4, -0.2) is 63.0 Å². The van der Waals surface area contributed by atoms with E-state index in [0.717, 1.165) is 66.8 Å². The summed E-state index contributed by atoms with van der Waals surface area (Å²) in [4.78, 5) is 9.25. The van der Waals surface area contributed by atoms with Gasteiger partial charge in [-0.3, -0.25) is 9.88 Å². The number of fused-ring (bicyclic) bond motifs is 1. The normalized spacial score (nSPS) is 14.9. The summed E-state index contributed by atoms with van der Waals surface area (Å²) in [6.07, 6.45) is 3.51. The zero-order valence-corrected chi connectivity index (χ0v) is 16.8. The second-order valence-electron chi connectivity index (χ2n) is 7.33. The molecule has 0 aliphatic carbocycles. The van der Waals surface area contributed by atoms with Crippen LogP contribution in [0.2, 0.25) is 0 Å². The van der Waals surface area contributed by atoms with Crippen LogP contribution in [0.1, 0.15) is 5.69 Å². The van der Waals surface area contributed by atoms with Gasteiger partial charge in [-0.2, -0.15) is 9.61 Å². The van der Waals surface area contributed by atoms with Gasteiger partial charge in [-0.05, 0) is 42.5 Å². The maximum Gasteiger partial charge on any atom is 0.200 e.